The van der Waals surface area contributed by atoms with E-state index in [2.05, 4.69) is 46.6 Å². The number of amides is 3. The molecule has 0 bridgehead atoms. The fraction of sp³-hybridized carbons (Fsp3) is 0.333. The number of carbonyl (C=O) groups is 2. The minimum atomic E-state index is -1.20. The maximum atomic E-state index is 14.0. The van der Waals surface area contributed by atoms with Crippen molar-refractivity contribution in [2.75, 3.05) is 26.2 Å². The van der Waals surface area contributed by atoms with Gasteiger partial charge in [-0.1, -0.05) is 96.1 Å². The van der Waals surface area contributed by atoms with E-state index in [9.17, 15) is 9.59 Å². The molecule has 3 aliphatic rings. The molecule has 2 fully saturated rings. The van der Waals surface area contributed by atoms with E-state index in [-0.39, 0.29) is 17.4 Å². The van der Waals surface area contributed by atoms with Crippen LogP contribution in [-0.4, -0.2) is 47.9 Å². The second kappa shape index (κ2) is 9.55. The van der Waals surface area contributed by atoms with Crippen molar-refractivity contribution < 1.29 is 9.59 Å². The number of benzene rings is 3. The molecule has 5 nitrogen and oxygen atoms in total. The Hall–Kier alpha value is -3.70. The van der Waals surface area contributed by atoms with Gasteiger partial charge in [0.15, 0.2) is 5.54 Å². The van der Waals surface area contributed by atoms with Crippen LogP contribution in [0.1, 0.15) is 52.6 Å². The van der Waals surface area contributed by atoms with Gasteiger partial charge in [-0.3, -0.25) is 9.69 Å². The van der Waals surface area contributed by atoms with Gasteiger partial charge in [0.1, 0.15) is 0 Å². The minimum absolute atomic E-state index is 0.166. The van der Waals surface area contributed by atoms with Gasteiger partial charge < -0.3 is 10.2 Å². The molecule has 2 heterocycles. The second-order valence-electron chi connectivity index (χ2n) is 11.1. The van der Waals surface area contributed by atoms with E-state index in [1.807, 2.05) is 62.4 Å². The zero-order valence-electron chi connectivity index (χ0n) is 22.2. The Bertz CT molecular complexity index is 1340. The molecule has 5 heteroatoms. The summed E-state index contributed by atoms with van der Waals surface area (Å²) < 4.78 is 0. The largest absolute Gasteiger partial charge is 0.325 e. The van der Waals surface area contributed by atoms with E-state index in [1.54, 1.807) is 0 Å². The van der Waals surface area contributed by atoms with Crippen LogP contribution in [0.25, 0.3) is 6.08 Å². The molecule has 1 N–H and O–H groups in total. The molecule has 3 aromatic carbocycles. The molecule has 0 radical (unpaired) electrons. The quantitative estimate of drug-likeness (QED) is 0.447. The number of nitrogens with one attached hydrogen (secondary N) is 1. The van der Waals surface area contributed by atoms with Gasteiger partial charge in [-0.05, 0) is 75.0 Å². The van der Waals surface area contributed by atoms with Gasteiger partial charge in [0, 0.05) is 12.0 Å². The fourth-order valence-electron chi connectivity index (χ4n) is 6.44. The van der Waals surface area contributed by atoms with Crippen LogP contribution in [-0.2, 0) is 15.7 Å². The van der Waals surface area contributed by atoms with Gasteiger partial charge in [0.05, 0.1) is 0 Å². The third-order valence-electron chi connectivity index (χ3n) is 8.76. The average molecular weight is 506 g/mol. The number of fused-ring (bicyclic) bond motifs is 2. The van der Waals surface area contributed by atoms with Crippen molar-refractivity contribution in [1.29, 1.82) is 0 Å². The summed E-state index contributed by atoms with van der Waals surface area (Å²) in [5.74, 6) is -0.194. The SMILES string of the molecule is Cc1ccc(C2(c3ccc(C)cc3)NC(=O)N(CCCN3CCC4(C=Cc5ccccc54)CC3)C2=O)cc1. The molecule has 2 aliphatic heterocycles. The van der Waals surface area contributed by atoms with Crippen molar-refractivity contribution in [2.24, 2.45) is 0 Å². The molecular weight excluding hydrogens is 470 g/mol. The lowest BCUT2D eigenvalue weighted by Gasteiger charge is -2.39. The third kappa shape index (κ3) is 4.06. The highest BCUT2D eigenvalue weighted by Gasteiger charge is 2.53. The maximum absolute atomic E-state index is 14.0. The van der Waals surface area contributed by atoms with Crippen LogP contribution in [0.4, 0.5) is 4.79 Å². The number of likely N-dealkylation sites (tertiary alicyclic amines) is 1. The van der Waals surface area contributed by atoms with Crippen LogP contribution in [0.3, 0.4) is 0 Å². The summed E-state index contributed by atoms with van der Waals surface area (Å²) in [5, 5.41) is 3.09. The van der Waals surface area contributed by atoms with Crippen LogP contribution in [0, 0.1) is 13.8 Å². The summed E-state index contributed by atoms with van der Waals surface area (Å²) in [6.45, 7) is 7.38. The molecule has 2 saturated heterocycles. The monoisotopic (exact) mass is 505 g/mol. The first kappa shape index (κ1) is 24.6. The predicted octanol–water partition coefficient (Wildman–Crippen LogP) is 5.55. The summed E-state index contributed by atoms with van der Waals surface area (Å²) in [6, 6.07) is 24.2. The Balaban J connectivity index is 1.14. The molecule has 0 aromatic heterocycles. The molecule has 0 atom stereocenters. The van der Waals surface area contributed by atoms with Gasteiger partial charge in [0.25, 0.3) is 5.91 Å². The molecule has 3 amide bonds. The van der Waals surface area contributed by atoms with Crippen molar-refractivity contribution in [3.63, 3.8) is 0 Å². The summed E-state index contributed by atoms with van der Waals surface area (Å²) in [7, 11) is 0. The molecule has 6 rings (SSSR count). The number of aryl methyl sites for hydroxylation is 2. The normalized spacial score (nSPS) is 19.7. The van der Waals surface area contributed by atoms with Crippen molar-refractivity contribution in [2.45, 2.75) is 44.1 Å². The van der Waals surface area contributed by atoms with Gasteiger partial charge >= 0.3 is 6.03 Å². The molecular formula is C33H35N3O2. The molecule has 38 heavy (non-hydrogen) atoms. The Morgan fingerprint density at radius 1 is 0.789 bits per heavy atom. The highest BCUT2D eigenvalue weighted by atomic mass is 16.2. The fourth-order valence-corrected chi connectivity index (χ4v) is 6.44. The Kier molecular flexibility index (Phi) is 6.19. The lowest BCUT2D eigenvalue weighted by molar-refractivity contribution is -0.130. The maximum Gasteiger partial charge on any atom is 0.325 e. The molecule has 3 aromatic rings. The summed E-state index contributed by atoms with van der Waals surface area (Å²) in [5.41, 5.74) is 5.59. The van der Waals surface area contributed by atoms with Crippen LogP contribution >= 0.6 is 0 Å². The lowest BCUT2D eigenvalue weighted by Crippen LogP contribution is -2.45. The van der Waals surface area contributed by atoms with E-state index < -0.39 is 5.54 Å². The van der Waals surface area contributed by atoms with E-state index in [1.165, 1.54) is 16.0 Å². The number of rotatable bonds is 6. The third-order valence-corrected chi connectivity index (χ3v) is 8.76. The van der Waals surface area contributed by atoms with E-state index in [0.29, 0.717) is 6.54 Å². The average Bonchev–Trinajstić information content (AvgIpc) is 3.41. The Labute approximate surface area is 225 Å². The lowest BCUT2D eigenvalue weighted by atomic mass is 9.74. The number of hydrogen-bond acceptors (Lipinski definition) is 3. The number of imide groups is 1. The first-order chi connectivity index (χ1) is 18.4. The summed E-state index contributed by atoms with van der Waals surface area (Å²) in [6.07, 6.45) is 7.65. The first-order valence-electron chi connectivity index (χ1n) is 13.7. The molecule has 0 saturated carbocycles. The van der Waals surface area contributed by atoms with Gasteiger partial charge in [-0.15, -0.1) is 0 Å². The number of allylic oxidation sites excluding steroid dienone is 1. The van der Waals surface area contributed by atoms with Crippen molar-refractivity contribution in [3.05, 3.63) is 112 Å². The highest BCUT2D eigenvalue weighted by molar-refractivity contribution is 6.09. The zero-order valence-corrected chi connectivity index (χ0v) is 22.2. The van der Waals surface area contributed by atoms with Crippen LogP contribution in [0.2, 0.25) is 0 Å². The van der Waals surface area contributed by atoms with Gasteiger partial charge in [-0.25, -0.2) is 4.79 Å². The van der Waals surface area contributed by atoms with Crippen LogP contribution < -0.4 is 5.32 Å². The highest BCUT2D eigenvalue weighted by Crippen LogP contribution is 2.43. The number of carbonyl (C=O) groups excluding carboxylic acids is 2. The predicted molar refractivity (Wildman–Crippen MR) is 151 cm³/mol. The van der Waals surface area contributed by atoms with Crippen LogP contribution in [0.5, 0.6) is 0 Å². The number of urea groups is 1. The van der Waals surface area contributed by atoms with Crippen molar-refractivity contribution >= 4 is 18.0 Å². The van der Waals surface area contributed by atoms with Crippen LogP contribution in [0.15, 0.2) is 78.9 Å². The standard InChI is InChI=1S/C33H35N3O2/c1-24-8-12-27(13-9-24)33(28-14-10-25(2)11-15-28)30(37)36(31(38)34-33)21-5-20-35-22-18-32(19-23-35)17-16-26-6-3-4-7-29(26)32/h3-4,6-17H,5,18-23H2,1-2H3,(H,34,38). The zero-order chi connectivity index (χ0) is 26.3. The molecule has 194 valence electrons. The number of piperidine rings is 1. The molecule has 1 spiro atoms. The smallest absolute Gasteiger partial charge is 0.315 e. The van der Waals surface area contributed by atoms with Crippen molar-refractivity contribution in [1.82, 2.24) is 15.1 Å². The minimum Gasteiger partial charge on any atom is -0.315 e. The summed E-state index contributed by atoms with van der Waals surface area (Å²) in [4.78, 5) is 31.1. The van der Waals surface area contributed by atoms with Gasteiger partial charge in [-0.2, -0.15) is 0 Å². The Morgan fingerprint density at radius 3 is 2.03 bits per heavy atom. The Morgan fingerprint density at radius 2 is 1.39 bits per heavy atom. The number of nitrogens with zero attached hydrogens (tertiary/aromatic N) is 2. The topological polar surface area (TPSA) is 52.7 Å². The summed E-state index contributed by atoms with van der Waals surface area (Å²) >= 11 is 0. The van der Waals surface area contributed by atoms with E-state index in [0.717, 1.165) is 61.2 Å². The molecule has 0 unspecified atom stereocenters. The van der Waals surface area contributed by atoms with E-state index in [4.69, 9.17) is 0 Å². The van der Waals surface area contributed by atoms with Crippen molar-refractivity contribution in [3.8, 4) is 0 Å². The first-order valence-corrected chi connectivity index (χ1v) is 13.7. The second-order valence-corrected chi connectivity index (χ2v) is 11.1. The van der Waals surface area contributed by atoms with Gasteiger partial charge in [0.2, 0.25) is 0 Å². The number of hydrogen-bond donors (Lipinski definition) is 1. The molecule has 1 aliphatic carbocycles. The van der Waals surface area contributed by atoms with E-state index >= 15 is 0 Å².